The predicted octanol–water partition coefficient (Wildman–Crippen LogP) is 4.73. The monoisotopic (exact) mass is 456 g/mol. The topological polar surface area (TPSA) is 81.8 Å². The van der Waals surface area contributed by atoms with Crippen molar-refractivity contribution < 1.29 is 18.3 Å². The fraction of sp³-hybridized carbons (Fsp3) is 0.480. The summed E-state index contributed by atoms with van der Waals surface area (Å²) in [6.07, 6.45) is 5.15. The molecule has 33 heavy (non-hydrogen) atoms. The Hall–Kier alpha value is -3.10. The highest BCUT2D eigenvalue weighted by Gasteiger charge is 2.36. The predicted molar refractivity (Wildman–Crippen MR) is 119 cm³/mol. The van der Waals surface area contributed by atoms with Crippen molar-refractivity contribution in [3.63, 3.8) is 0 Å². The molecule has 0 saturated heterocycles. The van der Waals surface area contributed by atoms with Crippen molar-refractivity contribution in [1.82, 2.24) is 9.97 Å². The third-order valence-corrected chi connectivity index (χ3v) is 6.28. The van der Waals surface area contributed by atoms with Gasteiger partial charge in [0.2, 0.25) is 5.95 Å². The van der Waals surface area contributed by atoms with E-state index in [4.69, 9.17) is 6.42 Å². The molecule has 0 aliphatic heterocycles. The molecular formula is C25H27F3N4O. The van der Waals surface area contributed by atoms with Crippen LogP contribution in [0, 0.1) is 35.0 Å². The Morgan fingerprint density at radius 1 is 1.27 bits per heavy atom. The number of aliphatic hydroxyl groups excluding tert-OH is 1. The molecule has 2 aromatic rings. The van der Waals surface area contributed by atoms with Gasteiger partial charge in [0, 0.05) is 12.1 Å². The Bertz CT molecular complexity index is 1080. The minimum atomic E-state index is -4.51. The third-order valence-electron chi connectivity index (χ3n) is 6.28. The number of halogens is 3. The van der Waals surface area contributed by atoms with E-state index in [1.165, 1.54) is 12.3 Å². The molecule has 174 valence electrons. The molecule has 2 atom stereocenters. The first-order chi connectivity index (χ1) is 15.5. The molecule has 1 aromatic carbocycles. The van der Waals surface area contributed by atoms with Crippen molar-refractivity contribution in [3.05, 3.63) is 52.3 Å². The van der Waals surface area contributed by atoms with Crippen molar-refractivity contribution in [1.29, 1.82) is 5.26 Å². The number of nitriles is 1. The molecule has 0 unspecified atom stereocenters. The van der Waals surface area contributed by atoms with E-state index < -0.39 is 11.7 Å². The van der Waals surface area contributed by atoms with E-state index in [9.17, 15) is 23.5 Å². The van der Waals surface area contributed by atoms with Crippen LogP contribution in [-0.4, -0.2) is 27.7 Å². The average molecular weight is 457 g/mol. The number of alkyl halides is 3. The molecule has 0 bridgehead atoms. The first-order valence-corrected chi connectivity index (χ1v) is 10.9. The van der Waals surface area contributed by atoms with Crippen LogP contribution in [0.15, 0.2) is 24.4 Å². The van der Waals surface area contributed by atoms with Gasteiger partial charge in [0.1, 0.15) is 6.07 Å². The van der Waals surface area contributed by atoms with Crippen molar-refractivity contribution in [2.45, 2.75) is 58.2 Å². The normalized spacial score (nSPS) is 20.0. The van der Waals surface area contributed by atoms with Gasteiger partial charge in [-0.2, -0.15) is 18.4 Å². The van der Waals surface area contributed by atoms with Crippen molar-refractivity contribution >= 4 is 5.95 Å². The van der Waals surface area contributed by atoms with E-state index in [2.05, 4.69) is 27.3 Å². The molecule has 1 saturated carbocycles. The molecule has 8 heteroatoms. The number of hydrogen-bond acceptors (Lipinski definition) is 5. The highest BCUT2D eigenvalue weighted by molar-refractivity contribution is 5.44. The average Bonchev–Trinajstić information content (AvgIpc) is 2.75. The lowest BCUT2D eigenvalue weighted by molar-refractivity contribution is -0.137. The standard InChI is InChI=1S/C25H27F3N4O/c1-4-18-7-5-16(11-20(18)25(26,27)28)9-10-30-23-31-15-19(14-29)21(32-23)12-17-6-8-22(33)24(2,3)13-17/h1,5,7,11,15,17,22,33H,6,8-10,12-13H2,2-3H3,(H,30,31,32)/t17-,22-/m0/s1. The first kappa shape index (κ1) is 24.5. The maximum atomic E-state index is 13.2. The lowest BCUT2D eigenvalue weighted by atomic mass is 9.69. The number of benzene rings is 1. The maximum absolute atomic E-state index is 13.2. The zero-order valence-corrected chi connectivity index (χ0v) is 18.7. The van der Waals surface area contributed by atoms with Gasteiger partial charge in [0.25, 0.3) is 0 Å². The largest absolute Gasteiger partial charge is 0.417 e. The van der Waals surface area contributed by atoms with E-state index in [1.807, 2.05) is 13.8 Å². The summed E-state index contributed by atoms with van der Waals surface area (Å²) >= 11 is 0. The molecule has 1 heterocycles. The molecule has 1 fully saturated rings. The Labute approximate surface area is 192 Å². The molecular weight excluding hydrogens is 429 g/mol. The van der Waals surface area contributed by atoms with Gasteiger partial charge in [-0.3, -0.25) is 0 Å². The molecule has 1 aliphatic rings. The fourth-order valence-electron chi connectivity index (χ4n) is 4.39. The highest BCUT2D eigenvalue weighted by Crippen LogP contribution is 2.40. The second-order valence-corrected chi connectivity index (χ2v) is 9.22. The number of hydrogen-bond donors (Lipinski definition) is 2. The van der Waals surface area contributed by atoms with Crippen molar-refractivity contribution in [2.75, 3.05) is 11.9 Å². The Balaban J connectivity index is 1.67. The van der Waals surface area contributed by atoms with E-state index >= 15 is 0 Å². The summed E-state index contributed by atoms with van der Waals surface area (Å²) in [5.41, 5.74) is 0.353. The Kier molecular flexibility index (Phi) is 7.29. The molecule has 0 radical (unpaired) electrons. The molecule has 0 spiro atoms. The minimum Gasteiger partial charge on any atom is -0.393 e. The van der Waals surface area contributed by atoms with Gasteiger partial charge in [-0.25, -0.2) is 9.97 Å². The second-order valence-electron chi connectivity index (χ2n) is 9.22. The van der Waals surface area contributed by atoms with Gasteiger partial charge in [-0.1, -0.05) is 25.8 Å². The zero-order chi connectivity index (χ0) is 24.2. The first-order valence-electron chi connectivity index (χ1n) is 10.9. The van der Waals surface area contributed by atoms with Crippen LogP contribution in [0.4, 0.5) is 19.1 Å². The number of terminal acetylenes is 1. The summed E-state index contributed by atoms with van der Waals surface area (Å²) in [4.78, 5) is 8.67. The van der Waals surface area contributed by atoms with Crippen molar-refractivity contribution in [2.24, 2.45) is 11.3 Å². The van der Waals surface area contributed by atoms with E-state index in [0.717, 1.165) is 18.9 Å². The number of aliphatic hydroxyl groups is 1. The number of nitrogens with one attached hydrogen (secondary N) is 1. The molecule has 1 aliphatic carbocycles. The molecule has 3 rings (SSSR count). The highest BCUT2D eigenvalue weighted by atomic mass is 19.4. The van der Waals surface area contributed by atoms with Crippen LogP contribution >= 0.6 is 0 Å². The van der Waals surface area contributed by atoms with Crippen LogP contribution in [-0.2, 0) is 19.0 Å². The summed E-state index contributed by atoms with van der Waals surface area (Å²) < 4.78 is 39.6. The van der Waals surface area contributed by atoms with Gasteiger partial charge in [-0.05, 0) is 61.1 Å². The Morgan fingerprint density at radius 3 is 2.67 bits per heavy atom. The van der Waals surface area contributed by atoms with Gasteiger partial charge in [-0.15, -0.1) is 6.42 Å². The molecule has 2 N–H and O–H groups in total. The van der Waals surface area contributed by atoms with Crippen LogP contribution in [0.2, 0.25) is 0 Å². The van der Waals surface area contributed by atoms with E-state index in [1.54, 1.807) is 6.07 Å². The molecule has 0 amide bonds. The van der Waals surface area contributed by atoms with E-state index in [-0.39, 0.29) is 17.1 Å². The maximum Gasteiger partial charge on any atom is 0.417 e. The lowest BCUT2D eigenvalue weighted by Gasteiger charge is -2.39. The van der Waals surface area contributed by atoms with Crippen LogP contribution < -0.4 is 5.32 Å². The number of nitrogens with zero attached hydrogens (tertiary/aromatic N) is 3. The number of anilines is 1. The number of aromatic nitrogens is 2. The summed E-state index contributed by atoms with van der Waals surface area (Å²) in [7, 11) is 0. The van der Waals surface area contributed by atoms with Gasteiger partial charge in [0.05, 0.1) is 29.1 Å². The summed E-state index contributed by atoms with van der Waals surface area (Å²) in [6, 6.07) is 6.08. The number of rotatable bonds is 6. The lowest BCUT2D eigenvalue weighted by Crippen LogP contribution is -2.37. The molecule has 1 aromatic heterocycles. The van der Waals surface area contributed by atoms with Gasteiger partial charge < -0.3 is 10.4 Å². The Morgan fingerprint density at radius 2 is 2.03 bits per heavy atom. The van der Waals surface area contributed by atoms with Crippen molar-refractivity contribution in [3.8, 4) is 18.4 Å². The quantitative estimate of drug-likeness (QED) is 0.614. The smallest absolute Gasteiger partial charge is 0.393 e. The summed E-state index contributed by atoms with van der Waals surface area (Å²) in [5, 5.41) is 22.7. The zero-order valence-electron chi connectivity index (χ0n) is 18.7. The summed E-state index contributed by atoms with van der Waals surface area (Å²) in [6.45, 7) is 4.41. The van der Waals surface area contributed by atoms with Crippen LogP contribution in [0.5, 0.6) is 0 Å². The van der Waals surface area contributed by atoms with Crippen LogP contribution in [0.1, 0.15) is 61.1 Å². The molecule has 5 nitrogen and oxygen atoms in total. The second kappa shape index (κ2) is 9.80. The van der Waals surface area contributed by atoms with Gasteiger partial charge >= 0.3 is 6.18 Å². The fourth-order valence-corrected chi connectivity index (χ4v) is 4.39. The van der Waals surface area contributed by atoms with Crippen LogP contribution in [0.25, 0.3) is 0 Å². The minimum absolute atomic E-state index is 0.183. The summed E-state index contributed by atoms with van der Waals surface area (Å²) in [5.74, 6) is 2.70. The van der Waals surface area contributed by atoms with E-state index in [0.29, 0.717) is 54.5 Å². The van der Waals surface area contributed by atoms with Crippen LogP contribution in [0.3, 0.4) is 0 Å². The van der Waals surface area contributed by atoms with Gasteiger partial charge in [0.15, 0.2) is 0 Å². The third kappa shape index (κ3) is 6.03. The SMILES string of the molecule is C#Cc1ccc(CCNc2ncc(C#N)c(C[C@@H]3CC[C@H](O)C(C)(C)C3)n2)cc1C(F)(F)F.